The fraction of sp³-hybridized carbons (Fsp3) is 1.00. The molecule has 100 valence electrons. The fourth-order valence-corrected chi connectivity index (χ4v) is 4.55. The Morgan fingerprint density at radius 2 is 1.25 bits per heavy atom. The minimum absolute atomic E-state index is 0.436. The van der Waals surface area contributed by atoms with Gasteiger partial charge in [-0.1, -0.05) is 0 Å². The average Bonchev–Trinajstić information content (AvgIpc) is 2.25. The zero-order valence-electron chi connectivity index (χ0n) is 11.1. The van der Waals surface area contributed by atoms with E-state index >= 15 is 0 Å². The van der Waals surface area contributed by atoms with Crippen molar-refractivity contribution in [3.63, 3.8) is 0 Å². The Bertz CT molecular complexity index is 171. The molecule has 3 nitrogen and oxygen atoms in total. The molecular formula is C12H29O3P. The summed E-state index contributed by atoms with van der Waals surface area (Å²) in [7, 11) is -3.80. The molecule has 0 aliphatic carbocycles. The van der Waals surface area contributed by atoms with E-state index in [-0.39, 0.29) is 0 Å². The third-order valence-electron chi connectivity index (χ3n) is 2.81. The van der Waals surface area contributed by atoms with Crippen molar-refractivity contribution in [3.05, 3.63) is 0 Å². The maximum absolute atomic E-state index is 10.4. The molecule has 0 aromatic rings. The number of hydrogen-bond acceptors (Lipinski definition) is 3. The molecule has 0 amide bonds. The van der Waals surface area contributed by atoms with Gasteiger partial charge in [0.1, 0.15) is 0 Å². The van der Waals surface area contributed by atoms with Crippen molar-refractivity contribution in [1.82, 2.24) is 0 Å². The second-order valence-corrected chi connectivity index (χ2v) is 8.39. The Balaban J connectivity index is 4.31. The predicted octanol–water partition coefficient (Wildman–Crippen LogP) is 3.69. The first-order valence-corrected chi connectivity index (χ1v) is 9.06. The maximum atomic E-state index is 10.4. The topological polar surface area (TPSA) is 49.7 Å². The summed E-state index contributed by atoms with van der Waals surface area (Å²) in [5, 5.41) is 0. The van der Waals surface area contributed by atoms with Gasteiger partial charge in [0, 0.05) is 0 Å². The molecule has 0 aliphatic heterocycles. The Labute approximate surface area is 100 Å². The standard InChI is InChI=1S/C12H29O3P/c1-4-7-10-15-16(13,14,11-8-5-2)12-9-6-3/h13-14H,4-12H2,1-3H3. The van der Waals surface area contributed by atoms with Gasteiger partial charge in [0.2, 0.25) is 0 Å². The molecular weight excluding hydrogens is 223 g/mol. The van der Waals surface area contributed by atoms with Gasteiger partial charge in [0.05, 0.1) is 0 Å². The summed E-state index contributed by atoms with van der Waals surface area (Å²) in [6.07, 6.45) is 6.41. The molecule has 0 saturated carbocycles. The van der Waals surface area contributed by atoms with Crippen molar-refractivity contribution in [2.45, 2.75) is 59.3 Å². The minimum atomic E-state index is -3.80. The van der Waals surface area contributed by atoms with Gasteiger partial charge in [-0.15, -0.1) is 0 Å². The zero-order valence-corrected chi connectivity index (χ0v) is 12.0. The van der Waals surface area contributed by atoms with Crippen LogP contribution in [0.2, 0.25) is 0 Å². The van der Waals surface area contributed by atoms with Crippen molar-refractivity contribution in [1.29, 1.82) is 0 Å². The Morgan fingerprint density at radius 1 is 0.812 bits per heavy atom. The Morgan fingerprint density at radius 3 is 1.62 bits per heavy atom. The summed E-state index contributed by atoms with van der Waals surface area (Å²) >= 11 is 0. The molecule has 0 aromatic carbocycles. The molecule has 0 fully saturated rings. The van der Waals surface area contributed by atoms with Crippen LogP contribution in [0.25, 0.3) is 0 Å². The van der Waals surface area contributed by atoms with E-state index in [1.54, 1.807) is 0 Å². The van der Waals surface area contributed by atoms with Gasteiger partial charge in [0.15, 0.2) is 0 Å². The summed E-state index contributed by atoms with van der Waals surface area (Å²) in [6, 6.07) is 0. The zero-order chi connectivity index (χ0) is 12.5. The molecule has 0 spiro atoms. The van der Waals surface area contributed by atoms with E-state index in [9.17, 15) is 9.79 Å². The van der Waals surface area contributed by atoms with Crippen molar-refractivity contribution in [2.24, 2.45) is 0 Å². The molecule has 0 heterocycles. The van der Waals surface area contributed by atoms with E-state index in [1.807, 2.05) is 0 Å². The molecule has 0 atom stereocenters. The first-order valence-electron chi connectivity index (χ1n) is 6.63. The summed E-state index contributed by atoms with van der Waals surface area (Å²) in [5.74, 6) is 0. The number of rotatable bonds is 10. The van der Waals surface area contributed by atoms with E-state index in [0.29, 0.717) is 18.9 Å². The van der Waals surface area contributed by atoms with E-state index in [1.165, 1.54) is 0 Å². The monoisotopic (exact) mass is 252 g/mol. The van der Waals surface area contributed by atoms with Crippen LogP contribution >= 0.6 is 7.28 Å². The molecule has 4 heteroatoms. The van der Waals surface area contributed by atoms with Crippen molar-refractivity contribution in [3.8, 4) is 0 Å². The van der Waals surface area contributed by atoms with E-state index in [4.69, 9.17) is 4.52 Å². The number of hydrogen-bond donors (Lipinski definition) is 2. The molecule has 16 heavy (non-hydrogen) atoms. The first-order chi connectivity index (χ1) is 7.46. The first kappa shape index (κ1) is 16.3. The molecule has 0 aromatic heterocycles. The van der Waals surface area contributed by atoms with Crippen LogP contribution in [0.3, 0.4) is 0 Å². The second-order valence-electron chi connectivity index (χ2n) is 4.64. The Hall–Kier alpha value is 0.310. The molecule has 0 bridgehead atoms. The molecule has 0 unspecified atom stereocenters. The summed E-state index contributed by atoms with van der Waals surface area (Å²) in [4.78, 5) is 20.9. The van der Waals surface area contributed by atoms with Crippen molar-refractivity contribution >= 4 is 7.28 Å². The predicted molar refractivity (Wildman–Crippen MR) is 71.8 cm³/mol. The SMILES string of the molecule is CCCCOP(O)(O)(CCCC)CCCC. The van der Waals surface area contributed by atoms with E-state index in [2.05, 4.69) is 20.8 Å². The van der Waals surface area contributed by atoms with Crippen LogP contribution in [-0.2, 0) is 4.52 Å². The second kappa shape index (κ2) is 7.60. The van der Waals surface area contributed by atoms with Gasteiger partial charge in [-0.2, -0.15) is 0 Å². The van der Waals surface area contributed by atoms with Crippen molar-refractivity contribution < 1.29 is 14.3 Å². The average molecular weight is 252 g/mol. The Kier molecular flexibility index (Phi) is 7.75. The van der Waals surface area contributed by atoms with Crippen LogP contribution in [0, 0.1) is 0 Å². The fourth-order valence-electron chi connectivity index (χ4n) is 1.61. The molecule has 0 saturated heterocycles. The van der Waals surface area contributed by atoms with Gasteiger partial charge >= 0.3 is 99.8 Å². The third-order valence-corrected chi connectivity index (χ3v) is 6.02. The van der Waals surface area contributed by atoms with E-state index in [0.717, 1.165) is 38.5 Å². The van der Waals surface area contributed by atoms with Gasteiger partial charge in [-0.25, -0.2) is 0 Å². The normalized spacial score (nSPS) is 14.7. The van der Waals surface area contributed by atoms with Crippen LogP contribution in [0.5, 0.6) is 0 Å². The van der Waals surface area contributed by atoms with Crippen molar-refractivity contribution in [2.75, 3.05) is 18.9 Å². The van der Waals surface area contributed by atoms with Crippen LogP contribution in [0.15, 0.2) is 0 Å². The molecule has 0 aliphatic rings. The molecule has 0 rings (SSSR count). The van der Waals surface area contributed by atoms with Gasteiger partial charge in [-0.05, 0) is 0 Å². The van der Waals surface area contributed by atoms with Gasteiger partial charge in [0.25, 0.3) is 0 Å². The van der Waals surface area contributed by atoms with Crippen LogP contribution in [0.4, 0.5) is 0 Å². The summed E-state index contributed by atoms with van der Waals surface area (Å²) < 4.78 is 5.50. The van der Waals surface area contributed by atoms with Gasteiger partial charge < -0.3 is 0 Å². The van der Waals surface area contributed by atoms with Gasteiger partial charge in [-0.3, -0.25) is 0 Å². The third kappa shape index (κ3) is 6.80. The van der Waals surface area contributed by atoms with Crippen LogP contribution < -0.4 is 0 Å². The van der Waals surface area contributed by atoms with Crippen LogP contribution in [0.1, 0.15) is 59.3 Å². The molecule has 0 radical (unpaired) electrons. The molecule has 2 N–H and O–H groups in total. The number of unbranched alkanes of at least 4 members (excludes halogenated alkanes) is 3. The summed E-state index contributed by atoms with van der Waals surface area (Å²) in [5.41, 5.74) is 0. The summed E-state index contributed by atoms with van der Waals surface area (Å²) in [6.45, 7) is 6.67. The quantitative estimate of drug-likeness (QED) is 0.460. The van der Waals surface area contributed by atoms with Crippen LogP contribution in [-0.4, -0.2) is 28.7 Å². The van der Waals surface area contributed by atoms with E-state index < -0.39 is 7.28 Å².